The van der Waals surface area contributed by atoms with Crippen LogP contribution in [-0.4, -0.2) is 45.9 Å². The summed E-state index contributed by atoms with van der Waals surface area (Å²) in [7, 11) is 3.38. The molecule has 29 heavy (non-hydrogen) atoms. The molecule has 2 aromatic heterocycles. The molecule has 1 aliphatic rings. The van der Waals surface area contributed by atoms with Crippen LogP contribution in [0.3, 0.4) is 0 Å². The van der Waals surface area contributed by atoms with Crippen LogP contribution in [0.15, 0.2) is 42.6 Å². The van der Waals surface area contributed by atoms with Crippen LogP contribution < -0.4 is 15.0 Å². The lowest BCUT2D eigenvalue weighted by molar-refractivity contribution is 0.0941. The zero-order valence-electron chi connectivity index (χ0n) is 16.6. The molecule has 0 aliphatic carbocycles. The van der Waals surface area contributed by atoms with Crippen LogP contribution in [0.25, 0.3) is 11.3 Å². The van der Waals surface area contributed by atoms with Gasteiger partial charge in [-0.25, -0.2) is 9.97 Å². The smallest absolute Gasteiger partial charge is 0.269 e. The van der Waals surface area contributed by atoms with Crippen molar-refractivity contribution in [1.82, 2.24) is 25.1 Å². The van der Waals surface area contributed by atoms with Crippen molar-refractivity contribution in [2.45, 2.75) is 19.4 Å². The summed E-state index contributed by atoms with van der Waals surface area (Å²) >= 11 is 0. The van der Waals surface area contributed by atoms with Gasteiger partial charge < -0.3 is 15.0 Å². The number of nitrogens with one attached hydrogen (secondary N) is 1. The van der Waals surface area contributed by atoms with Gasteiger partial charge in [0.25, 0.3) is 5.91 Å². The number of hydrogen-bond acceptors (Lipinski definition) is 6. The summed E-state index contributed by atoms with van der Waals surface area (Å²) in [5, 5.41) is 7.39. The fraction of sp³-hybridized carbons (Fsp3) is 0.333. The van der Waals surface area contributed by atoms with Crippen molar-refractivity contribution >= 4 is 11.9 Å². The maximum absolute atomic E-state index is 12.7. The van der Waals surface area contributed by atoms with E-state index >= 15 is 0 Å². The SMILES string of the molecule is COc1cccc(-c2cc(C(=O)NCc3ccnc(N4CCCC4)n3)n(C)n2)c1. The summed E-state index contributed by atoms with van der Waals surface area (Å²) in [6.45, 7) is 2.30. The Kier molecular flexibility index (Phi) is 5.41. The molecule has 4 rings (SSSR count). The average Bonchev–Trinajstić information content (AvgIpc) is 3.42. The van der Waals surface area contributed by atoms with Crippen LogP contribution in [0.5, 0.6) is 5.75 Å². The summed E-state index contributed by atoms with van der Waals surface area (Å²) in [5.74, 6) is 1.28. The second kappa shape index (κ2) is 8.30. The highest BCUT2D eigenvalue weighted by Gasteiger charge is 2.17. The van der Waals surface area contributed by atoms with Crippen LogP contribution in [0.4, 0.5) is 5.95 Å². The van der Waals surface area contributed by atoms with E-state index in [-0.39, 0.29) is 5.91 Å². The van der Waals surface area contributed by atoms with Gasteiger partial charge in [-0.2, -0.15) is 5.10 Å². The number of nitrogens with zero attached hydrogens (tertiary/aromatic N) is 5. The highest BCUT2D eigenvalue weighted by Crippen LogP contribution is 2.23. The van der Waals surface area contributed by atoms with E-state index in [4.69, 9.17) is 4.74 Å². The van der Waals surface area contributed by atoms with Crippen molar-refractivity contribution in [1.29, 1.82) is 0 Å². The average molecular weight is 392 g/mol. The number of carbonyl (C=O) groups excluding carboxylic acids is 1. The van der Waals surface area contributed by atoms with Gasteiger partial charge in [0.15, 0.2) is 0 Å². The van der Waals surface area contributed by atoms with E-state index in [1.165, 1.54) is 12.8 Å². The van der Waals surface area contributed by atoms with Gasteiger partial charge in [-0.3, -0.25) is 9.48 Å². The first-order valence-corrected chi connectivity index (χ1v) is 9.67. The Labute approximate surface area is 169 Å². The zero-order chi connectivity index (χ0) is 20.2. The van der Waals surface area contributed by atoms with Crippen LogP contribution in [0.2, 0.25) is 0 Å². The predicted octanol–water partition coefficient (Wildman–Crippen LogP) is 2.42. The lowest BCUT2D eigenvalue weighted by atomic mass is 10.1. The molecule has 3 aromatic rings. The fourth-order valence-corrected chi connectivity index (χ4v) is 3.42. The van der Waals surface area contributed by atoms with Gasteiger partial charge in [-0.15, -0.1) is 0 Å². The predicted molar refractivity (Wildman–Crippen MR) is 110 cm³/mol. The van der Waals surface area contributed by atoms with Crippen molar-refractivity contribution in [2.24, 2.45) is 7.05 Å². The highest BCUT2D eigenvalue weighted by molar-refractivity contribution is 5.93. The van der Waals surface area contributed by atoms with Crippen LogP contribution in [0, 0.1) is 0 Å². The molecular weight excluding hydrogens is 368 g/mol. The second-order valence-corrected chi connectivity index (χ2v) is 7.00. The molecule has 1 N–H and O–H groups in total. The molecule has 0 atom stereocenters. The number of aromatic nitrogens is 4. The first kappa shape index (κ1) is 18.9. The van der Waals surface area contributed by atoms with Crippen molar-refractivity contribution in [3.63, 3.8) is 0 Å². The maximum Gasteiger partial charge on any atom is 0.269 e. The Hall–Kier alpha value is -3.42. The Morgan fingerprint density at radius 1 is 1.21 bits per heavy atom. The van der Waals surface area contributed by atoms with Gasteiger partial charge in [0.2, 0.25) is 5.95 Å². The minimum absolute atomic E-state index is 0.199. The molecule has 3 heterocycles. The number of amides is 1. The lowest BCUT2D eigenvalue weighted by Gasteiger charge is -2.15. The lowest BCUT2D eigenvalue weighted by Crippen LogP contribution is -2.26. The van der Waals surface area contributed by atoms with Crippen LogP contribution >= 0.6 is 0 Å². The van der Waals surface area contributed by atoms with Crippen LogP contribution in [0.1, 0.15) is 29.0 Å². The number of aryl methyl sites for hydroxylation is 1. The third-order valence-corrected chi connectivity index (χ3v) is 5.00. The van der Waals surface area contributed by atoms with Gasteiger partial charge in [0.05, 0.1) is 25.0 Å². The number of ether oxygens (including phenoxy) is 1. The van der Waals surface area contributed by atoms with Gasteiger partial charge in [0, 0.05) is 31.9 Å². The standard InChI is InChI=1S/C21H24N6O2/c1-26-19(13-18(25-26)15-6-5-7-17(12-15)29-2)20(28)23-14-16-8-9-22-21(24-16)27-10-3-4-11-27/h5-9,12-13H,3-4,10-11,14H2,1-2H3,(H,23,28). The molecule has 1 fully saturated rings. The van der Waals surface area contributed by atoms with Gasteiger partial charge in [-0.05, 0) is 37.1 Å². The quantitative estimate of drug-likeness (QED) is 0.693. The van der Waals surface area contributed by atoms with Crippen LogP contribution in [-0.2, 0) is 13.6 Å². The summed E-state index contributed by atoms with van der Waals surface area (Å²) in [6, 6.07) is 11.2. The fourth-order valence-electron chi connectivity index (χ4n) is 3.42. The van der Waals surface area contributed by atoms with Crippen molar-refractivity contribution in [2.75, 3.05) is 25.1 Å². The van der Waals surface area contributed by atoms with Crippen molar-refractivity contribution in [3.05, 3.63) is 54.0 Å². The number of methoxy groups -OCH3 is 1. The van der Waals surface area contributed by atoms with E-state index in [1.54, 1.807) is 31.1 Å². The maximum atomic E-state index is 12.7. The van der Waals surface area contributed by atoms with E-state index in [1.807, 2.05) is 30.3 Å². The van der Waals surface area contributed by atoms with E-state index in [0.717, 1.165) is 41.7 Å². The molecule has 8 heteroatoms. The Bertz CT molecular complexity index is 1010. The molecule has 0 bridgehead atoms. The second-order valence-electron chi connectivity index (χ2n) is 7.00. The first-order valence-electron chi connectivity index (χ1n) is 9.67. The normalized spacial score (nSPS) is 13.5. The number of hydrogen-bond donors (Lipinski definition) is 1. The topological polar surface area (TPSA) is 85.2 Å². The first-order chi connectivity index (χ1) is 14.1. The Balaban J connectivity index is 1.45. The Morgan fingerprint density at radius 3 is 2.83 bits per heavy atom. The summed E-state index contributed by atoms with van der Waals surface area (Å²) in [5.41, 5.74) is 2.88. The number of carbonyl (C=O) groups is 1. The van der Waals surface area contributed by atoms with Crippen molar-refractivity contribution in [3.8, 4) is 17.0 Å². The minimum Gasteiger partial charge on any atom is -0.497 e. The third kappa shape index (κ3) is 4.21. The van der Waals surface area contributed by atoms with Gasteiger partial charge in [-0.1, -0.05) is 12.1 Å². The van der Waals surface area contributed by atoms with Gasteiger partial charge >= 0.3 is 0 Å². The Morgan fingerprint density at radius 2 is 2.03 bits per heavy atom. The van der Waals surface area contributed by atoms with E-state index in [0.29, 0.717) is 12.2 Å². The number of benzene rings is 1. The summed E-state index contributed by atoms with van der Waals surface area (Å²) < 4.78 is 6.85. The van der Waals surface area contributed by atoms with E-state index in [2.05, 4.69) is 25.3 Å². The molecule has 150 valence electrons. The monoisotopic (exact) mass is 392 g/mol. The summed E-state index contributed by atoms with van der Waals surface area (Å²) in [4.78, 5) is 23.8. The van der Waals surface area contributed by atoms with E-state index in [9.17, 15) is 4.79 Å². The molecular formula is C21H24N6O2. The molecule has 8 nitrogen and oxygen atoms in total. The molecule has 0 unspecified atom stereocenters. The molecule has 1 aliphatic heterocycles. The minimum atomic E-state index is -0.199. The number of rotatable bonds is 6. The van der Waals surface area contributed by atoms with E-state index < -0.39 is 0 Å². The largest absolute Gasteiger partial charge is 0.497 e. The number of anilines is 1. The highest BCUT2D eigenvalue weighted by atomic mass is 16.5. The molecule has 1 aromatic carbocycles. The molecule has 1 saturated heterocycles. The third-order valence-electron chi connectivity index (χ3n) is 5.00. The molecule has 0 spiro atoms. The molecule has 0 saturated carbocycles. The van der Waals surface area contributed by atoms with Gasteiger partial charge in [0.1, 0.15) is 11.4 Å². The zero-order valence-corrected chi connectivity index (χ0v) is 16.6. The summed E-state index contributed by atoms with van der Waals surface area (Å²) in [6.07, 6.45) is 4.08. The van der Waals surface area contributed by atoms with Crippen molar-refractivity contribution < 1.29 is 9.53 Å². The molecule has 0 radical (unpaired) electrons. The molecule has 1 amide bonds.